The molecule has 2 aromatic carbocycles. The smallest absolute Gasteiger partial charge is 0.224 e. The highest BCUT2D eigenvalue weighted by Gasteiger charge is 2.10. The van der Waals surface area contributed by atoms with Gasteiger partial charge in [0.2, 0.25) is 5.91 Å². The van der Waals surface area contributed by atoms with Crippen LogP contribution < -0.4 is 5.32 Å². The minimum absolute atomic E-state index is 0.0321. The summed E-state index contributed by atoms with van der Waals surface area (Å²) in [5.41, 5.74) is 3.57. The number of carbonyl (C=O) groups excluding carboxylic acids is 1. The summed E-state index contributed by atoms with van der Waals surface area (Å²) in [7, 11) is 0. The number of anilines is 1. The summed E-state index contributed by atoms with van der Waals surface area (Å²) in [5, 5.41) is 6.50. The van der Waals surface area contributed by atoms with Crippen molar-refractivity contribution in [1.29, 1.82) is 0 Å². The van der Waals surface area contributed by atoms with Crippen LogP contribution in [0.15, 0.2) is 53.9 Å². The second-order valence-corrected chi connectivity index (χ2v) is 6.66. The van der Waals surface area contributed by atoms with Crippen LogP contribution in [0.1, 0.15) is 19.8 Å². The van der Waals surface area contributed by atoms with Gasteiger partial charge in [-0.05, 0) is 24.6 Å². The zero-order valence-electron chi connectivity index (χ0n) is 13.3. The number of hydrogen-bond acceptors (Lipinski definition) is 3. The standard InChI is InChI=1S/C19H17ClN2OS/c1-2-6-18(23)21-14-8-5-7-13(11-14)17-12-24-19(22-17)15-9-3-4-10-16(15)20/h3-5,7-12H,2,6H2,1H3,(H,21,23). The Balaban J connectivity index is 1.85. The molecule has 3 nitrogen and oxygen atoms in total. The first kappa shape index (κ1) is 16.7. The molecule has 0 aliphatic rings. The highest BCUT2D eigenvalue weighted by atomic mass is 35.5. The van der Waals surface area contributed by atoms with E-state index in [1.54, 1.807) is 11.3 Å². The second-order valence-electron chi connectivity index (χ2n) is 5.40. The number of thiazole rings is 1. The van der Waals surface area contributed by atoms with Gasteiger partial charge < -0.3 is 5.32 Å². The van der Waals surface area contributed by atoms with Crippen LogP contribution >= 0.6 is 22.9 Å². The number of halogens is 1. The maximum absolute atomic E-state index is 11.7. The molecule has 24 heavy (non-hydrogen) atoms. The largest absolute Gasteiger partial charge is 0.326 e. The van der Waals surface area contributed by atoms with Gasteiger partial charge in [-0.1, -0.05) is 48.9 Å². The summed E-state index contributed by atoms with van der Waals surface area (Å²) in [6.07, 6.45) is 1.36. The van der Waals surface area contributed by atoms with E-state index < -0.39 is 0 Å². The fourth-order valence-electron chi connectivity index (χ4n) is 2.37. The van der Waals surface area contributed by atoms with Gasteiger partial charge >= 0.3 is 0 Å². The lowest BCUT2D eigenvalue weighted by molar-refractivity contribution is -0.116. The zero-order chi connectivity index (χ0) is 16.9. The van der Waals surface area contributed by atoms with Gasteiger partial charge in [-0.3, -0.25) is 4.79 Å². The zero-order valence-corrected chi connectivity index (χ0v) is 14.8. The summed E-state index contributed by atoms with van der Waals surface area (Å²) < 4.78 is 0. The highest BCUT2D eigenvalue weighted by molar-refractivity contribution is 7.13. The van der Waals surface area contributed by atoms with Gasteiger partial charge in [-0.25, -0.2) is 4.98 Å². The van der Waals surface area contributed by atoms with Crippen LogP contribution in [0.25, 0.3) is 21.8 Å². The molecular weight excluding hydrogens is 340 g/mol. The molecule has 3 aromatic rings. The Labute approximate surface area is 150 Å². The molecule has 1 aromatic heterocycles. The summed E-state index contributed by atoms with van der Waals surface area (Å²) in [6, 6.07) is 15.4. The fraction of sp³-hybridized carbons (Fsp3) is 0.158. The van der Waals surface area contributed by atoms with Crippen molar-refractivity contribution in [3.05, 3.63) is 58.9 Å². The van der Waals surface area contributed by atoms with E-state index >= 15 is 0 Å². The molecular formula is C19H17ClN2OS. The van der Waals surface area contributed by atoms with Gasteiger partial charge in [-0.2, -0.15) is 0 Å². The number of hydrogen-bond donors (Lipinski definition) is 1. The molecule has 0 unspecified atom stereocenters. The Morgan fingerprint density at radius 1 is 1.21 bits per heavy atom. The van der Waals surface area contributed by atoms with Crippen molar-refractivity contribution in [3.8, 4) is 21.8 Å². The van der Waals surface area contributed by atoms with Gasteiger partial charge in [0.25, 0.3) is 0 Å². The highest BCUT2D eigenvalue weighted by Crippen LogP contribution is 2.33. The summed E-state index contributed by atoms with van der Waals surface area (Å²) in [5.74, 6) is 0.0321. The quantitative estimate of drug-likeness (QED) is 0.621. The summed E-state index contributed by atoms with van der Waals surface area (Å²) in [4.78, 5) is 16.4. The van der Waals surface area contributed by atoms with E-state index in [-0.39, 0.29) is 5.91 Å². The minimum Gasteiger partial charge on any atom is -0.326 e. The lowest BCUT2D eigenvalue weighted by Crippen LogP contribution is -2.10. The third-order valence-corrected chi connectivity index (χ3v) is 4.73. The number of rotatable bonds is 5. The number of aromatic nitrogens is 1. The minimum atomic E-state index is 0.0321. The molecule has 3 rings (SSSR count). The van der Waals surface area contributed by atoms with Crippen LogP contribution in [0, 0.1) is 0 Å². The molecule has 0 radical (unpaired) electrons. The van der Waals surface area contributed by atoms with E-state index in [0.29, 0.717) is 11.4 Å². The average molecular weight is 357 g/mol. The first-order valence-corrected chi connectivity index (χ1v) is 9.04. The number of benzene rings is 2. The van der Waals surface area contributed by atoms with Crippen molar-refractivity contribution in [2.75, 3.05) is 5.32 Å². The van der Waals surface area contributed by atoms with E-state index in [2.05, 4.69) is 10.3 Å². The van der Waals surface area contributed by atoms with E-state index in [1.165, 1.54) is 0 Å². The SMILES string of the molecule is CCCC(=O)Nc1cccc(-c2csc(-c3ccccc3Cl)n2)c1. The van der Waals surface area contributed by atoms with E-state index in [0.717, 1.165) is 33.9 Å². The predicted octanol–water partition coefficient (Wildman–Crippen LogP) is 5.87. The molecule has 0 fully saturated rings. The Kier molecular flexibility index (Phi) is 5.28. The molecule has 0 aliphatic heterocycles. The summed E-state index contributed by atoms with van der Waals surface area (Å²) in [6.45, 7) is 1.99. The molecule has 0 bridgehead atoms. The lowest BCUT2D eigenvalue weighted by atomic mass is 10.1. The van der Waals surface area contributed by atoms with Crippen LogP contribution in [0.2, 0.25) is 5.02 Å². The van der Waals surface area contributed by atoms with Gasteiger partial charge in [0.15, 0.2) is 0 Å². The second kappa shape index (κ2) is 7.60. The van der Waals surface area contributed by atoms with Crippen LogP contribution in [-0.2, 0) is 4.79 Å². The van der Waals surface area contributed by atoms with Crippen LogP contribution in [-0.4, -0.2) is 10.9 Å². The van der Waals surface area contributed by atoms with Crippen molar-refractivity contribution in [2.24, 2.45) is 0 Å². The molecule has 1 N–H and O–H groups in total. The molecule has 5 heteroatoms. The third kappa shape index (κ3) is 3.83. The Morgan fingerprint density at radius 3 is 2.83 bits per heavy atom. The first-order chi connectivity index (χ1) is 11.7. The van der Waals surface area contributed by atoms with E-state index in [9.17, 15) is 4.79 Å². The predicted molar refractivity (Wildman–Crippen MR) is 102 cm³/mol. The maximum Gasteiger partial charge on any atom is 0.224 e. The lowest BCUT2D eigenvalue weighted by Gasteiger charge is -2.05. The van der Waals surface area contributed by atoms with Crippen molar-refractivity contribution in [1.82, 2.24) is 4.98 Å². The molecule has 1 amide bonds. The number of carbonyl (C=O) groups is 1. The molecule has 0 atom stereocenters. The molecule has 0 spiro atoms. The van der Waals surface area contributed by atoms with Gasteiger partial charge in [0.05, 0.1) is 10.7 Å². The molecule has 0 aliphatic carbocycles. The first-order valence-electron chi connectivity index (χ1n) is 7.78. The molecule has 1 heterocycles. The van der Waals surface area contributed by atoms with Crippen LogP contribution in [0.5, 0.6) is 0 Å². The molecule has 0 saturated carbocycles. The van der Waals surface area contributed by atoms with Gasteiger partial charge in [0.1, 0.15) is 5.01 Å². The van der Waals surface area contributed by atoms with Crippen molar-refractivity contribution >= 4 is 34.5 Å². The average Bonchev–Trinajstić information content (AvgIpc) is 3.05. The van der Waals surface area contributed by atoms with Gasteiger partial charge in [-0.15, -0.1) is 11.3 Å². The normalized spacial score (nSPS) is 10.6. The van der Waals surface area contributed by atoms with Crippen LogP contribution in [0.3, 0.4) is 0 Å². The fourth-order valence-corrected chi connectivity index (χ4v) is 3.52. The molecule has 0 saturated heterocycles. The van der Waals surface area contributed by atoms with Gasteiger partial charge in [0, 0.05) is 28.6 Å². The third-order valence-electron chi connectivity index (χ3n) is 3.53. The summed E-state index contributed by atoms with van der Waals surface area (Å²) >= 11 is 7.80. The number of nitrogens with zero attached hydrogens (tertiary/aromatic N) is 1. The number of nitrogens with one attached hydrogen (secondary N) is 1. The van der Waals surface area contributed by atoms with Crippen LogP contribution in [0.4, 0.5) is 5.69 Å². The maximum atomic E-state index is 11.7. The van der Waals surface area contributed by atoms with Crippen molar-refractivity contribution in [3.63, 3.8) is 0 Å². The molecule has 122 valence electrons. The van der Waals surface area contributed by atoms with Crippen molar-refractivity contribution in [2.45, 2.75) is 19.8 Å². The Morgan fingerprint density at radius 2 is 2.04 bits per heavy atom. The monoisotopic (exact) mass is 356 g/mol. The Hall–Kier alpha value is -2.17. The topological polar surface area (TPSA) is 42.0 Å². The van der Waals surface area contributed by atoms with Crippen molar-refractivity contribution < 1.29 is 4.79 Å². The Bertz CT molecular complexity index is 860. The van der Waals surface area contributed by atoms with E-state index in [1.807, 2.05) is 60.8 Å². The van der Waals surface area contributed by atoms with E-state index in [4.69, 9.17) is 11.6 Å². The number of amides is 1.